The van der Waals surface area contributed by atoms with E-state index in [1.165, 1.54) is 0 Å². The maximum absolute atomic E-state index is 12.2. The number of benzene rings is 5. The van der Waals surface area contributed by atoms with Gasteiger partial charge in [-0.25, -0.2) is 0 Å². The van der Waals surface area contributed by atoms with Crippen LogP contribution in [0.5, 0.6) is 0 Å². The number of rotatable bonds is 9. The molecule has 0 aliphatic heterocycles. The first-order valence-corrected chi connectivity index (χ1v) is 14.5. The van der Waals surface area contributed by atoms with Gasteiger partial charge in [0.05, 0.1) is 12.6 Å². The fourth-order valence-electron chi connectivity index (χ4n) is 5.08. The van der Waals surface area contributed by atoms with E-state index >= 15 is 0 Å². The second kappa shape index (κ2) is 11.1. The topological polar surface area (TPSA) is 55.5 Å². The van der Waals surface area contributed by atoms with Gasteiger partial charge in [-0.15, -0.1) is 0 Å². The SMILES string of the molecule is N[C@@H](CO[Si](c1ccccc1)(c1ccccc1)c1ccccc1)C(O)(c1ccccc1)c1ccccc1. The Morgan fingerprint density at radius 3 is 1.16 bits per heavy atom. The molecule has 37 heavy (non-hydrogen) atoms. The molecule has 0 bridgehead atoms. The van der Waals surface area contributed by atoms with Gasteiger partial charge in [-0.1, -0.05) is 152 Å². The van der Waals surface area contributed by atoms with Gasteiger partial charge in [0.2, 0.25) is 0 Å². The van der Waals surface area contributed by atoms with Gasteiger partial charge in [0, 0.05) is 0 Å². The molecule has 3 nitrogen and oxygen atoms in total. The Kier molecular flexibility index (Phi) is 7.44. The number of nitrogens with two attached hydrogens (primary N) is 1. The van der Waals surface area contributed by atoms with Gasteiger partial charge in [-0.05, 0) is 26.7 Å². The largest absolute Gasteiger partial charge is 0.403 e. The Labute approximate surface area is 220 Å². The zero-order valence-electron chi connectivity index (χ0n) is 20.7. The predicted molar refractivity (Wildman–Crippen MR) is 154 cm³/mol. The lowest BCUT2D eigenvalue weighted by atomic mass is 9.81. The van der Waals surface area contributed by atoms with Crippen LogP contribution in [0.3, 0.4) is 0 Å². The fraction of sp³-hybridized carbons (Fsp3) is 0.0909. The summed E-state index contributed by atoms with van der Waals surface area (Å²) >= 11 is 0. The zero-order chi connectivity index (χ0) is 25.6. The van der Waals surface area contributed by atoms with Crippen LogP contribution < -0.4 is 21.3 Å². The van der Waals surface area contributed by atoms with Crippen molar-refractivity contribution in [3.05, 3.63) is 163 Å². The van der Waals surface area contributed by atoms with Crippen LogP contribution >= 0.6 is 0 Å². The van der Waals surface area contributed by atoms with Crippen LogP contribution in [0.1, 0.15) is 11.1 Å². The highest BCUT2D eigenvalue weighted by molar-refractivity contribution is 7.07. The molecule has 1 atom stereocenters. The Morgan fingerprint density at radius 1 is 0.541 bits per heavy atom. The molecule has 0 aromatic heterocycles. The molecule has 4 heteroatoms. The molecular formula is C33H31NO2Si. The summed E-state index contributed by atoms with van der Waals surface area (Å²) in [7, 11) is -2.96. The average Bonchev–Trinajstić information content (AvgIpc) is 2.99. The molecule has 0 saturated carbocycles. The van der Waals surface area contributed by atoms with E-state index in [2.05, 4.69) is 72.8 Å². The average molecular weight is 502 g/mol. The quantitative estimate of drug-likeness (QED) is 0.238. The molecule has 0 radical (unpaired) electrons. The third-order valence-electron chi connectivity index (χ3n) is 6.98. The second-order valence-corrected chi connectivity index (χ2v) is 12.6. The summed E-state index contributed by atoms with van der Waals surface area (Å²) in [5, 5.41) is 15.6. The van der Waals surface area contributed by atoms with Gasteiger partial charge in [-0.2, -0.15) is 0 Å². The van der Waals surface area contributed by atoms with Crippen LogP contribution in [-0.2, 0) is 10.0 Å². The van der Waals surface area contributed by atoms with Crippen molar-refractivity contribution in [3.8, 4) is 0 Å². The summed E-state index contributed by atoms with van der Waals surface area (Å²) in [6.07, 6.45) is 0. The minimum absolute atomic E-state index is 0.158. The number of aliphatic hydroxyl groups is 1. The number of hydrogen-bond acceptors (Lipinski definition) is 3. The molecule has 5 aromatic rings. The lowest BCUT2D eigenvalue weighted by Gasteiger charge is -2.39. The van der Waals surface area contributed by atoms with E-state index in [0.717, 1.165) is 26.7 Å². The Balaban J connectivity index is 1.62. The van der Waals surface area contributed by atoms with Crippen LogP contribution in [0.25, 0.3) is 0 Å². The lowest BCUT2D eigenvalue weighted by Crippen LogP contribution is -2.70. The van der Waals surface area contributed by atoms with Crippen molar-refractivity contribution in [1.29, 1.82) is 0 Å². The molecule has 0 aliphatic rings. The Morgan fingerprint density at radius 2 is 0.838 bits per heavy atom. The maximum atomic E-state index is 12.2. The summed E-state index contributed by atoms with van der Waals surface area (Å²) in [6, 6.07) is 49.7. The van der Waals surface area contributed by atoms with Gasteiger partial charge in [0.15, 0.2) is 0 Å². The Bertz CT molecular complexity index is 1250. The summed E-state index contributed by atoms with van der Waals surface area (Å²) in [6.45, 7) is 0.158. The molecule has 0 aliphatic carbocycles. The molecule has 5 rings (SSSR count). The molecule has 0 unspecified atom stereocenters. The summed E-state index contributed by atoms with van der Waals surface area (Å²) in [5.41, 5.74) is 6.96. The molecule has 0 saturated heterocycles. The summed E-state index contributed by atoms with van der Waals surface area (Å²) in [4.78, 5) is 0. The van der Waals surface area contributed by atoms with Gasteiger partial charge >= 0.3 is 0 Å². The summed E-state index contributed by atoms with van der Waals surface area (Å²) < 4.78 is 7.09. The third kappa shape index (κ3) is 4.80. The van der Waals surface area contributed by atoms with Gasteiger partial charge in [-0.3, -0.25) is 0 Å². The van der Waals surface area contributed by atoms with E-state index < -0.39 is 20.0 Å². The van der Waals surface area contributed by atoms with Crippen molar-refractivity contribution < 1.29 is 9.53 Å². The van der Waals surface area contributed by atoms with Crippen LogP contribution in [0.15, 0.2) is 152 Å². The van der Waals surface area contributed by atoms with Crippen LogP contribution in [0.4, 0.5) is 0 Å². The first-order valence-electron chi connectivity index (χ1n) is 12.6. The monoisotopic (exact) mass is 501 g/mol. The van der Waals surface area contributed by atoms with Gasteiger partial charge < -0.3 is 15.3 Å². The minimum atomic E-state index is -2.96. The van der Waals surface area contributed by atoms with Crippen LogP contribution in [0, 0.1) is 0 Å². The smallest absolute Gasteiger partial charge is 0.288 e. The molecule has 0 amide bonds. The van der Waals surface area contributed by atoms with E-state index in [9.17, 15) is 5.11 Å². The molecular weight excluding hydrogens is 470 g/mol. The molecule has 3 N–H and O–H groups in total. The third-order valence-corrected chi connectivity index (χ3v) is 11.0. The minimum Gasteiger partial charge on any atom is -0.403 e. The van der Waals surface area contributed by atoms with Crippen molar-refractivity contribution >= 4 is 23.9 Å². The van der Waals surface area contributed by atoms with E-state index in [0.29, 0.717) is 0 Å². The Hall–Kier alpha value is -3.80. The summed E-state index contributed by atoms with van der Waals surface area (Å²) in [5.74, 6) is 0. The van der Waals surface area contributed by atoms with Crippen molar-refractivity contribution in [3.63, 3.8) is 0 Å². The fourth-order valence-corrected chi connectivity index (χ4v) is 9.00. The number of hydrogen-bond donors (Lipinski definition) is 2. The molecule has 0 fully saturated rings. The first kappa shape index (κ1) is 24.9. The zero-order valence-corrected chi connectivity index (χ0v) is 21.7. The van der Waals surface area contributed by atoms with Crippen molar-refractivity contribution in [2.24, 2.45) is 5.73 Å². The van der Waals surface area contributed by atoms with Crippen molar-refractivity contribution in [2.45, 2.75) is 11.6 Å². The van der Waals surface area contributed by atoms with Crippen LogP contribution in [-0.4, -0.2) is 26.1 Å². The van der Waals surface area contributed by atoms with E-state index in [4.69, 9.17) is 10.2 Å². The lowest BCUT2D eigenvalue weighted by molar-refractivity contribution is 0.0331. The highest BCUT2D eigenvalue weighted by Crippen LogP contribution is 2.32. The molecule has 0 heterocycles. The normalized spacial score (nSPS) is 12.7. The molecule has 0 spiro atoms. The van der Waals surface area contributed by atoms with E-state index in [1.807, 2.05) is 78.9 Å². The van der Waals surface area contributed by atoms with Gasteiger partial charge in [0.25, 0.3) is 8.32 Å². The van der Waals surface area contributed by atoms with Crippen molar-refractivity contribution in [2.75, 3.05) is 6.61 Å². The highest BCUT2D eigenvalue weighted by Gasteiger charge is 2.45. The maximum Gasteiger partial charge on any atom is 0.288 e. The van der Waals surface area contributed by atoms with Crippen LogP contribution in [0.2, 0.25) is 0 Å². The molecule has 184 valence electrons. The first-order chi connectivity index (χ1) is 18.2. The van der Waals surface area contributed by atoms with E-state index in [1.54, 1.807) is 0 Å². The standard InChI is InChI=1S/C33H31NO2Si/c34-32(33(35,27-16-6-1-7-17-27)28-18-8-2-9-19-28)26-36-37(29-20-10-3-11-21-29,30-22-12-4-13-23-30)31-24-14-5-15-25-31/h1-25,32,35H,26,34H2/t32-/m0/s1. The molecule has 5 aromatic carbocycles. The predicted octanol–water partition coefficient (Wildman–Crippen LogP) is 3.93. The highest BCUT2D eigenvalue weighted by atomic mass is 28.4. The van der Waals surface area contributed by atoms with Gasteiger partial charge in [0.1, 0.15) is 5.60 Å². The van der Waals surface area contributed by atoms with Crippen molar-refractivity contribution in [1.82, 2.24) is 0 Å². The van der Waals surface area contributed by atoms with E-state index in [-0.39, 0.29) is 6.61 Å². The second-order valence-electron chi connectivity index (χ2n) is 9.20.